The van der Waals surface area contributed by atoms with Crippen molar-refractivity contribution in [3.05, 3.63) is 111 Å². The van der Waals surface area contributed by atoms with Gasteiger partial charge in [0.05, 0.1) is 16.1 Å². The molecule has 0 fully saturated rings. The number of pyridine rings is 2. The van der Waals surface area contributed by atoms with Gasteiger partial charge < -0.3 is 5.11 Å². The fraction of sp³-hybridized carbons (Fsp3) is 0.100. The molecule has 37 heavy (non-hydrogen) atoms. The highest BCUT2D eigenvalue weighted by Crippen LogP contribution is 2.35. The van der Waals surface area contributed by atoms with Crippen LogP contribution in [0.4, 0.5) is 5.82 Å². The summed E-state index contributed by atoms with van der Waals surface area (Å²) in [5.41, 5.74) is 5.48. The van der Waals surface area contributed by atoms with Gasteiger partial charge in [0.2, 0.25) is 5.88 Å². The lowest BCUT2D eigenvalue weighted by Gasteiger charge is -2.16. The molecule has 0 unspecified atom stereocenters. The highest BCUT2D eigenvalue weighted by Gasteiger charge is 2.19. The largest absolute Gasteiger partial charge is 0.494 e. The van der Waals surface area contributed by atoms with Crippen LogP contribution in [0.2, 0.25) is 0 Å². The summed E-state index contributed by atoms with van der Waals surface area (Å²) in [6.07, 6.45) is 3.59. The molecular formula is C30H24N4O2S. The summed E-state index contributed by atoms with van der Waals surface area (Å²) >= 11 is 1.60. The quantitative estimate of drug-likeness (QED) is 0.270. The van der Waals surface area contributed by atoms with Gasteiger partial charge in [-0.25, -0.2) is 14.5 Å². The number of thiophene rings is 1. The molecule has 6 rings (SSSR count). The molecule has 6 aromatic rings. The van der Waals surface area contributed by atoms with E-state index in [-0.39, 0.29) is 11.4 Å². The minimum Gasteiger partial charge on any atom is -0.494 e. The molecule has 4 heterocycles. The molecule has 0 aliphatic rings. The Kier molecular flexibility index (Phi) is 5.50. The molecule has 0 spiro atoms. The van der Waals surface area contributed by atoms with Crippen molar-refractivity contribution in [1.29, 1.82) is 0 Å². The van der Waals surface area contributed by atoms with E-state index in [1.165, 1.54) is 4.57 Å². The highest BCUT2D eigenvalue weighted by atomic mass is 32.1. The van der Waals surface area contributed by atoms with Crippen molar-refractivity contribution in [3.8, 4) is 22.1 Å². The Morgan fingerprint density at radius 1 is 0.946 bits per heavy atom. The van der Waals surface area contributed by atoms with E-state index < -0.39 is 0 Å². The van der Waals surface area contributed by atoms with Gasteiger partial charge in [0.1, 0.15) is 11.3 Å². The first-order chi connectivity index (χ1) is 17.9. The Morgan fingerprint density at radius 3 is 2.49 bits per heavy atom. The number of aliphatic imine (C=N–C) groups is 1. The third-order valence-corrected chi connectivity index (χ3v) is 7.40. The average Bonchev–Trinajstić information content (AvgIpc) is 3.53. The van der Waals surface area contributed by atoms with Crippen molar-refractivity contribution in [2.45, 2.75) is 20.8 Å². The van der Waals surface area contributed by atoms with Crippen molar-refractivity contribution in [2.75, 3.05) is 0 Å². The SMILES string of the molecule is Cc1ccc(-n2c(O)c(/C=N/c3c(-c4cccs4)nc4cc(C)ccn34)c3ccccc3c2=O)c(C)c1. The Balaban J connectivity index is 1.62. The lowest BCUT2D eigenvalue weighted by molar-refractivity contribution is 0.436. The molecule has 182 valence electrons. The van der Waals surface area contributed by atoms with Gasteiger partial charge in [0.15, 0.2) is 5.82 Å². The molecule has 0 atom stereocenters. The molecule has 0 bridgehead atoms. The lowest BCUT2D eigenvalue weighted by Crippen LogP contribution is -2.21. The van der Waals surface area contributed by atoms with E-state index in [0.29, 0.717) is 27.8 Å². The standard InChI is InChI=1S/C30H24N4O2S/c1-18-10-11-24(20(3)15-18)34-29(35)22-8-5-4-7-21(22)23(30(34)36)17-31-28-27(25-9-6-14-37-25)32-26-16-19(2)12-13-33(26)28/h4-17,36H,1-3H3/b31-17+. The summed E-state index contributed by atoms with van der Waals surface area (Å²) in [5.74, 6) is 0.506. The van der Waals surface area contributed by atoms with Crippen LogP contribution in [0, 0.1) is 20.8 Å². The number of imidazole rings is 1. The van der Waals surface area contributed by atoms with Gasteiger partial charge in [-0.05, 0) is 67.6 Å². The number of benzene rings is 2. The second kappa shape index (κ2) is 8.87. The van der Waals surface area contributed by atoms with Gasteiger partial charge in [0.25, 0.3) is 5.56 Å². The summed E-state index contributed by atoms with van der Waals surface area (Å²) < 4.78 is 3.31. The first kappa shape index (κ1) is 22.9. The first-order valence-electron chi connectivity index (χ1n) is 11.9. The summed E-state index contributed by atoms with van der Waals surface area (Å²) in [5, 5.41) is 14.7. The summed E-state index contributed by atoms with van der Waals surface area (Å²) in [7, 11) is 0. The van der Waals surface area contributed by atoms with Crippen LogP contribution in [-0.2, 0) is 0 Å². The highest BCUT2D eigenvalue weighted by molar-refractivity contribution is 7.13. The number of aryl methyl sites for hydroxylation is 3. The normalized spacial score (nSPS) is 11.8. The second-order valence-electron chi connectivity index (χ2n) is 9.17. The molecule has 0 saturated carbocycles. The third-order valence-electron chi connectivity index (χ3n) is 6.52. The maximum Gasteiger partial charge on any atom is 0.265 e. The van der Waals surface area contributed by atoms with Crippen LogP contribution in [0.1, 0.15) is 22.3 Å². The summed E-state index contributed by atoms with van der Waals surface area (Å²) in [6.45, 7) is 5.97. The van der Waals surface area contributed by atoms with Gasteiger partial charge in [0, 0.05) is 23.2 Å². The van der Waals surface area contributed by atoms with Crippen LogP contribution in [0.3, 0.4) is 0 Å². The van der Waals surface area contributed by atoms with Gasteiger partial charge in [-0.1, -0.05) is 42.0 Å². The van der Waals surface area contributed by atoms with E-state index in [0.717, 1.165) is 32.9 Å². The zero-order valence-corrected chi connectivity index (χ0v) is 21.5. The zero-order chi connectivity index (χ0) is 25.7. The minimum absolute atomic E-state index is 0.151. The van der Waals surface area contributed by atoms with E-state index in [9.17, 15) is 9.90 Å². The molecule has 0 amide bonds. The van der Waals surface area contributed by atoms with E-state index in [1.54, 1.807) is 23.6 Å². The summed E-state index contributed by atoms with van der Waals surface area (Å²) in [4.78, 5) is 24.3. The Hall–Kier alpha value is -4.49. The van der Waals surface area contributed by atoms with Crippen LogP contribution >= 0.6 is 11.3 Å². The predicted octanol–water partition coefficient (Wildman–Crippen LogP) is 6.75. The number of hydrogen-bond donors (Lipinski definition) is 1. The van der Waals surface area contributed by atoms with Crippen molar-refractivity contribution in [3.63, 3.8) is 0 Å². The maximum atomic E-state index is 13.5. The van der Waals surface area contributed by atoms with Crippen molar-refractivity contribution >= 4 is 39.8 Å². The van der Waals surface area contributed by atoms with Crippen LogP contribution < -0.4 is 5.56 Å². The number of rotatable bonds is 4. The topological polar surface area (TPSA) is 71.9 Å². The predicted molar refractivity (Wildman–Crippen MR) is 151 cm³/mol. The maximum absolute atomic E-state index is 13.5. The van der Waals surface area contributed by atoms with E-state index in [2.05, 4.69) is 0 Å². The average molecular weight is 505 g/mol. The molecular weight excluding hydrogens is 480 g/mol. The fourth-order valence-corrected chi connectivity index (χ4v) is 5.44. The van der Waals surface area contributed by atoms with Gasteiger partial charge in [-0.15, -0.1) is 11.3 Å². The third kappa shape index (κ3) is 3.84. The van der Waals surface area contributed by atoms with E-state index in [4.69, 9.17) is 9.98 Å². The number of hydrogen-bond acceptors (Lipinski definition) is 5. The number of nitrogens with zero attached hydrogens (tertiary/aromatic N) is 4. The Bertz CT molecular complexity index is 1900. The molecule has 2 aromatic carbocycles. The first-order valence-corrected chi connectivity index (χ1v) is 12.8. The van der Waals surface area contributed by atoms with Crippen molar-refractivity contribution < 1.29 is 5.11 Å². The summed E-state index contributed by atoms with van der Waals surface area (Å²) in [6, 6.07) is 21.1. The lowest BCUT2D eigenvalue weighted by atomic mass is 10.1. The van der Waals surface area contributed by atoms with Crippen LogP contribution in [-0.4, -0.2) is 25.3 Å². The molecule has 0 saturated heterocycles. The molecule has 7 heteroatoms. The van der Waals surface area contributed by atoms with Crippen LogP contribution in [0.5, 0.6) is 5.88 Å². The van der Waals surface area contributed by atoms with E-state index in [1.807, 2.05) is 97.4 Å². The smallest absolute Gasteiger partial charge is 0.265 e. The molecule has 1 N–H and O–H groups in total. The molecule has 6 nitrogen and oxygen atoms in total. The zero-order valence-electron chi connectivity index (χ0n) is 20.6. The molecule has 0 aliphatic heterocycles. The minimum atomic E-state index is -0.276. The molecule has 0 aliphatic carbocycles. The van der Waals surface area contributed by atoms with Gasteiger partial charge >= 0.3 is 0 Å². The number of fused-ring (bicyclic) bond motifs is 2. The Labute approximate surface area is 217 Å². The number of aromatic nitrogens is 3. The van der Waals surface area contributed by atoms with Crippen molar-refractivity contribution in [1.82, 2.24) is 14.0 Å². The van der Waals surface area contributed by atoms with Gasteiger partial charge in [-0.2, -0.15) is 0 Å². The number of aromatic hydroxyl groups is 1. The molecule has 4 aromatic heterocycles. The van der Waals surface area contributed by atoms with Crippen molar-refractivity contribution in [2.24, 2.45) is 4.99 Å². The van der Waals surface area contributed by atoms with Crippen LogP contribution in [0.15, 0.2) is 88.1 Å². The Morgan fingerprint density at radius 2 is 1.73 bits per heavy atom. The fourth-order valence-electron chi connectivity index (χ4n) is 4.73. The second-order valence-corrected chi connectivity index (χ2v) is 10.1. The van der Waals surface area contributed by atoms with Crippen LogP contribution in [0.25, 0.3) is 32.7 Å². The monoisotopic (exact) mass is 504 g/mol. The van der Waals surface area contributed by atoms with Gasteiger partial charge in [-0.3, -0.25) is 9.20 Å². The van der Waals surface area contributed by atoms with E-state index >= 15 is 0 Å². The molecule has 0 radical (unpaired) electrons.